The van der Waals surface area contributed by atoms with Crippen LogP contribution in [0.2, 0.25) is 0 Å². The first-order chi connectivity index (χ1) is 11.1. The zero-order valence-electron chi connectivity index (χ0n) is 13.3. The molecule has 1 amide bonds. The molecular weight excluding hydrogens is 292 g/mol. The van der Waals surface area contributed by atoms with Crippen LogP contribution in [0.1, 0.15) is 18.1 Å². The highest BCUT2D eigenvalue weighted by Crippen LogP contribution is 2.13. The third-order valence-corrected chi connectivity index (χ3v) is 2.94. The van der Waals surface area contributed by atoms with E-state index in [1.807, 2.05) is 55.5 Å². The number of aryl methyl sites for hydroxylation is 1. The quantitative estimate of drug-likeness (QED) is 0.486. The maximum atomic E-state index is 10.7. The minimum Gasteiger partial charge on any atom is -0.490 e. The zero-order valence-corrected chi connectivity index (χ0v) is 13.3. The van der Waals surface area contributed by atoms with Crippen LogP contribution in [-0.2, 0) is 4.79 Å². The van der Waals surface area contributed by atoms with E-state index in [1.165, 1.54) is 12.5 Å². The van der Waals surface area contributed by atoms with Gasteiger partial charge in [-0.3, -0.25) is 4.79 Å². The second kappa shape index (κ2) is 8.58. The van der Waals surface area contributed by atoms with E-state index >= 15 is 0 Å². The first-order valence-electron chi connectivity index (χ1n) is 7.35. The zero-order chi connectivity index (χ0) is 16.5. The van der Waals surface area contributed by atoms with Crippen molar-refractivity contribution in [1.29, 1.82) is 0 Å². The van der Waals surface area contributed by atoms with Crippen LogP contribution in [0, 0.1) is 6.92 Å². The first-order valence-corrected chi connectivity index (χ1v) is 7.35. The molecule has 120 valence electrons. The van der Waals surface area contributed by atoms with Crippen LogP contribution in [0.3, 0.4) is 0 Å². The van der Waals surface area contributed by atoms with Crippen LogP contribution in [0.15, 0.2) is 53.6 Å². The molecule has 23 heavy (non-hydrogen) atoms. The highest BCUT2D eigenvalue weighted by Gasteiger charge is 1.97. The molecule has 0 aliphatic heterocycles. The molecule has 5 nitrogen and oxygen atoms in total. The molecule has 0 aliphatic rings. The number of benzene rings is 2. The SMILES string of the molecule is CC(=O)N/N=C/c1cccc(OCCOc2ccc(C)cc2)c1. The molecule has 2 aromatic rings. The number of nitrogens with one attached hydrogen (secondary N) is 1. The number of ether oxygens (including phenoxy) is 2. The van der Waals surface area contributed by atoms with Crippen molar-refractivity contribution in [2.45, 2.75) is 13.8 Å². The molecule has 0 spiro atoms. The van der Waals surface area contributed by atoms with Gasteiger partial charge in [-0.25, -0.2) is 5.43 Å². The lowest BCUT2D eigenvalue weighted by atomic mass is 10.2. The molecule has 0 aromatic heterocycles. The van der Waals surface area contributed by atoms with Gasteiger partial charge in [-0.05, 0) is 36.8 Å². The van der Waals surface area contributed by atoms with Gasteiger partial charge in [0.15, 0.2) is 0 Å². The van der Waals surface area contributed by atoms with E-state index in [9.17, 15) is 4.79 Å². The van der Waals surface area contributed by atoms with Gasteiger partial charge in [0.25, 0.3) is 0 Å². The molecule has 0 aliphatic carbocycles. The molecule has 2 rings (SSSR count). The fraction of sp³-hybridized carbons (Fsp3) is 0.222. The first kappa shape index (κ1) is 16.5. The molecule has 5 heteroatoms. The van der Waals surface area contributed by atoms with Gasteiger partial charge in [-0.15, -0.1) is 0 Å². The smallest absolute Gasteiger partial charge is 0.236 e. The van der Waals surface area contributed by atoms with Gasteiger partial charge in [0, 0.05) is 6.92 Å². The fourth-order valence-electron chi connectivity index (χ4n) is 1.84. The summed E-state index contributed by atoms with van der Waals surface area (Å²) >= 11 is 0. The Hall–Kier alpha value is -2.82. The van der Waals surface area contributed by atoms with E-state index in [-0.39, 0.29) is 5.91 Å². The minimum absolute atomic E-state index is 0.207. The Balaban J connectivity index is 1.78. The molecule has 0 fully saturated rings. The Labute approximate surface area is 135 Å². The lowest BCUT2D eigenvalue weighted by molar-refractivity contribution is -0.118. The highest BCUT2D eigenvalue weighted by atomic mass is 16.5. The Morgan fingerprint density at radius 1 is 1.09 bits per heavy atom. The van der Waals surface area contributed by atoms with E-state index in [2.05, 4.69) is 10.5 Å². The molecule has 0 unspecified atom stereocenters. The number of carbonyl (C=O) groups is 1. The normalized spacial score (nSPS) is 10.5. The topological polar surface area (TPSA) is 59.9 Å². The Kier molecular flexibility index (Phi) is 6.17. The predicted molar refractivity (Wildman–Crippen MR) is 90.0 cm³/mol. The van der Waals surface area contributed by atoms with E-state index in [0.29, 0.717) is 13.2 Å². The van der Waals surface area contributed by atoms with E-state index in [4.69, 9.17) is 9.47 Å². The molecule has 2 aromatic carbocycles. The maximum Gasteiger partial charge on any atom is 0.236 e. The molecule has 0 bridgehead atoms. The lowest BCUT2D eigenvalue weighted by Gasteiger charge is -2.09. The molecule has 0 saturated heterocycles. The molecular formula is C18H20N2O3. The van der Waals surface area contributed by atoms with E-state index in [0.717, 1.165) is 17.1 Å². The molecule has 1 N–H and O–H groups in total. The number of nitrogens with zero attached hydrogens (tertiary/aromatic N) is 1. The Bertz CT molecular complexity index is 666. The summed E-state index contributed by atoms with van der Waals surface area (Å²) in [5.74, 6) is 1.35. The molecule has 0 radical (unpaired) electrons. The maximum absolute atomic E-state index is 10.7. The second-order valence-corrected chi connectivity index (χ2v) is 5.01. The largest absolute Gasteiger partial charge is 0.490 e. The summed E-state index contributed by atoms with van der Waals surface area (Å²) in [4.78, 5) is 10.7. The molecule has 0 heterocycles. The average Bonchev–Trinajstić information content (AvgIpc) is 2.53. The van der Waals surface area contributed by atoms with Crippen molar-refractivity contribution >= 4 is 12.1 Å². The predicted octanol–water partition coefficient (Wildman–Crippen LogP) is 2.92. The van der Waals surface area contributed by atoms with Gasteiger partial charge in [0.2, 0.25) is 5.91 Å². The van der Waals surface area contributed by atoms with Crippen molar-refractivity contribution in [2.24, 2.45) is 5.10 Å². The van der Waals surface area contributed by atoms with Crippen LogP contribution >= 0.6 is 0 Å². The standard InChI is InChI=1S/C18H20N2O3/c1-14-6-8-17(9-7-14)22-10-11-23-18-5-3-4-16(12-18)13-19-20-15(2)21/h3-9,12-13H,10-11H2,1-2H3,(H,20,21)/b19-13+. The summed E-state index contributed by atoms with van der Waals surface area (Å²) in [7, 11) is 0. The number of hydrogen-bond acceptors (Lipinski definition) is 4. The van der Waals surface area contributed by atoms with Crippen molar-refractivity contribution in [1.82, 2.24) is 5.43 Å². The van der Waals surface area contributed by atoms with Gasteiger partial charge < -0.3 is 9.47 Å². The van der Waals surface area contributed by atoms with Gasteiger partial charge >= 0.3 is 0 Å². The lowest BCUT2D eigenvalue weighted by Crippen LogP contribution is -2.12. The number of hydrogen-bond donors (Lipinski definition) is 1. The summed E-state index contributed by atoms with van der Waals surface area (Å²) < 4.78 is 11.3. The van der Waals surface area contributed by atoms with Crippen molar-refractivity contribution in [3.8, 4) is 11.5 Å². The average molecular weight is 312 g/mol. The minimum atomic E-state index is -0.207. The van der Waals surface area contributed by atoms with E-state index in [1.54, 1.807) is 6.21 Å². The fourth-order valence-corrected chi connectivity index (χ4v) is 1.84. The summed E-state index contributed by atoms with van der Waals surface area (Å²) in [5.41, 5.74) is 4.40. The van der Waals surface area contributed by atoms with Crippen LogP contribution in [0.5, 0.6) is 11.5 Å². The third kappa shape index (κ3) is 6.22. The van der Waals surface area contributed by atoms with Crippen LogP contribution in [0.25, 0.3) is 0 Å². The highest BCUT2D eigenvalue weighted by molar-refractivity contribution is 5.82. The Morgan fingerprint density at radius 3 is 2.48 bits per heavy atom. The van der Waals surface area contributed by atoms with E-state index < -0.39 is 0 Å². The number of carbonyl (C=O) groups excluding carboxylic acids is 1. The van der Waals surface area contributed by atoms with Crippen molar-refractivity contribution in [3.63, 3.8) is 0 Å². The second-order valence-electron chi connectivity index (χ2n) is 5.01. The summed E-state index contributed by atoms with van der Waals surface area (Å²) in [6, 6.07) is 15.3. The number of rotatable bonds is 7. The van der Waals surface area contributed by atoms with Crippen molar-refractivity contribution in [2.75, 3.05) is 13.2 Å². The van der Waals surface area contributed by atoms with Gasteiger partial charge in [-0.2, -0.15) is 5.10 Å². The van der Waals surface area contributed by atoms with Crippen molar-refractivity contribution in [3.05, 3.63) is 59.7 Å². The van der Waals surface area contributed by atoms with Crippen LogP contribution < -0.4 is 14.9 Å². The molecule has 0 atom stereocenters. The third-order valence-electron chi connectivity index (χ3n) is 2.94. The van der Waals surface area contributed by atoms with Gasteiger partial charge in [0.05, 0.1) is 6.21 Å². The summed E-state index contributed by atoms with van der Waals surface area (Å²) in [6.07, 6.45) is 1.57. The van der Waals surface area contributed by atoms with Crippen LogP contribution in [0.4, 0.5) is 0 Å². The number of hydrazone groups is 1. The monoisotopic (exact) mass is 312 g/mol. The number of amides is 1. The van der Waals surface area contributed by atoms with Crippen molar-refractivity contribution < 1.29 is 14.3 Å². The summed E-state index contributed by atoms with van der Waals surface area (Å²) in [5, 5.41) is 3.82. The Morgan fingerprint density at radius 2 is 1.78 bits per heavy atom. The van der Waals surface area contributed by atoms with Crippen LogP contribution in [-0.4, -0.2) is 25.3 Å². The summed E-state index contributed by atoms with van der Waals surface area (Å²) in [6.45, 7) is 4.35. The molecule has 0 saturated carbocycles. The van der Waals surface area contributed by atoms with Gasteiger partial charge in [-0.1, -0.05) is 29.8 Å². The van der Waals surface area contributed by atoms with Gasteiger partial charge in [0.1, 0.15) is 24.7 Å².